The van der Waals surface area contributed by atoms with Crippen LogP contribution in [0.4, 0.5) is 13.2 Å². The Kier molecular flexibility index (Phi) is 2.71. The average Bonchev–Trinajstić information content (AvgIpc) is 2.55. The molecule has 0 radical (unpaired) electrons. The fraction of sp³-hybridized carbons (Fsp3) is 1.00. The van der Waals surface area contributed by atoms with E-state index in [-0.39, 0.29) is 6.61 Å². The third-order valence-corrected chi connectivity index (χ3v) is 3.44. The predicted molar refractivity (Wildman–Crippen MR) is 49.3 cm³/mol. The minimum absolute atomic E-state index is 0.238. The van der Waals surface area contributed by atoms with E-state index >= 15 is 0 Å². The van der Waals surface area contributed by atoms with Crippen LogP contribution >= 0.6 is 0 Å². The molecule has 1 saturated carbocycles. The van der Waals surface area contributed by atoms with Gasteiger partial charge < -0.3 is 4.74 Å². The van der Waals surface area contributed by atoms with Gasteiger partial charge >= 0.3 is 6.18 Å². The third kappa shape index (κ3) is 2.28. The molecular formula is C10H16F3NO. The molecule has 1 N–H and O–H groups in total. The van der Waals surface area contributed by atoms with Crippen LogP contribution in [0, 0.1) is 5.92 Å². The van der Waals surface area contributed by atoms with Crippen molar-refractivity contribution in [2.24, 2.45) is 5.92 Å². The zero-order valence-electron chi connectivity index (χ0n) is 8.73. The Labute approximate surface area is 87.2 Å². The van der Waals surface area contributed by atoms with Crippen LogP contribution in [-0.2, 0) is 4.74 Å². The topological polar surface area (TPSA) is 21.3 Å². The summed E-state index contributed by atoms with van der Waals surface area (Å²) in [4.78, 5) is 0. The van der Waals surface area contributed by atoms with Crippen molar-refractivity contribution in [2.75, 3.05) is 6.61 Å². The van der Waals surface area contributed by atoms with E-state index in [4.69, 9.17) is 4.74 Å². The number of ether oxygens (including phenoxy) is 1. The molecule has 2 fully saturated rings. The number of halogens is 3. The van der Waals surface area contributed by atoms with Gasteiger partial charge in [-0.25, -0.2) is 0 Å². The van der Waals surface area contributed by atoms with E-state index in [1.54, 1.807) is 0 Å². The van der Waals surface area contributed by atoms with Crippen molar-refractivity contribution in [3.63, 3.8) is 0 Å². The molecule has 2 aliphatic rings. The molecule has 0 aromatic carbocycles. The summed E-state index contributed by atoms with van der Waals surface area (Å²) in [5.41, 5.74) is -0.688. The van der Waals surface area contributed by atoms with Gasteiger partial charge in [0.1, 0.15) is 11.8 Å². The van der Waals surface area contributed by atoms with Crippen molar-refractivity contribution in [3.05, 3.63) is 0 Å². The number of alkyl halides is 3. The molecule has 1 saturated heterocycles. The second-order valence-corrected chi connectivity index (χ2v) is 4.73. The lowest BCUT2D eigenvalue weighted by atomic mass is 9.85. The van der Waals surface area contributed by atoms with Gasteiger partial charge in [0, 0.05) is 0 Å². The first-order valence-electron chi connectivity index (χ1n) is 5.40. The molecule has 0 aromatic rings. The first-order valence-corrected chi connectivity index (χ1v) is 5.40. The zero-order chi connectivity index (χ0) is 11.1. The summed E-state index contributed by atoms with van der Waals surface area (Å²) in [5.74, 6) is 0.603. The Bertz CT molecular complexity index is 233. The summed E-state index contributed by atoms with van der Waals surface area (Å²) >= 11 is 0. The van der Waals surface area contributed by atoms with Gasteiger partial charge in [0.25, 0.3) is 0 Å². The highest BCUT2D eigenvalue weighted by Crippen LogP contribution is 2.38. The van der Waals surface area contributed by atoms with Gasteiger partial charge in [-0.15, -0.1) is 0 Å². The Morgan fingerprint density at radius 2 is 1.87 bits per heavy atom. The number of hydrogen-bond donors (Lipinski definition) is 1. The molecule has 1 atom stereocenters. The molecule has 0 amide bonds. The minimum Gasteiger partial charge on any atom is -0.359 e. The number of hydrogen-bond acceptors (Lipinski definition) is 2. The molecule has 0 bridgehead atoms. The van der Waals surface area contributed by atoms with E-state index in [1.807, 2.05) is 0 Å². The Balaban J connectivity index is 1.97. The first-order chi connectivity index (χ1) is 6.91. The maximum absolute atomic E-state index is 12.4. The van der Waals surface area contributed by atoms with Crippen LogP contribution in [0.3, 0.4) is 0 Å². The van der Waals surface area contributed by atoms with Gasteiger partial charge in [0.2, 0.25) is 0 Å². The second-order valence-electron chi connectivity index (χ2n) is 4.73. The molecule has 15 heavy (non-hydrogen) atoms. The summed E-state index contributed by atoms with van der Waals surface area (Å²) in [6.45, 7) is 1.89. The normalized spacial score (nSPS) is 42.4. The van der Waals surface area contributed by atoms with E-state index in [2.05, 4.69) is 12.2 Å². The van der Waals surface area contributed by atoms with Gasteiger partial charge in [-0.05, 0) is 31.6 Å². The van der Waals surface area contributed by atoms with E-state index in [0.29, 0.717) is 18.8 Å². The predicted octanol–water partition coefficient (Wildman–Crippen LogP) is 2.44. The second kappa shape index (κ2) is 3.63. The maximum atomic E-state index is 12.4. The fourth-order valence-corrected chi connectivity index (χ4v) is 2.34. The maximum Gasteiger partial charge on any atom is 0.406 e. The number of nitrogens with one attached hydrogen (secondary N) is 1. The highest BCUT2D eigenvalue weighted by Gasteiger charge is 2.51. The van der Waals surface area contributed by atoms with Gasteiger partial charge in [-0.3, -0.25) is 5.32 Å². The van der Waals surface area contributed by atoms with Crippen molar-refractivity contribution >= 4 is 0 Å². The van der Waals surface area contributed by atoms with Crippen molar-refractivity contribution < 1.29 is 17.9 Å². The third-order valence-electron chi connectivity index (χ3n) is 3.44. The molecule has 1 spiro atoms. The highest BCUT2D eigenvalue weighted by atomic mass is 19.4. The Morgan fingerprint density at radius 3 is 2.33 bits per heavy atom. The molecule has 1 unspecified atom stereocenters. The van der Waals surface area contributed by atoms with Crippen LogP contribution in [0.15, 0.2) is 0 Å². The van der Waals surface area contributed by atoms with Gasteiger partial charge in [0.15, 0.2) is 0 Å². The molecule has 1 aliphatic heterocycles. The minimum atomic E-state index is -4.19. The molecular weight excluding hydrogens is 207 g/mol. The largest absolute Gasteiger partial charge is 0.406 e. The van der Waals surface area contributed by atoms with Crippen LogP contribution in [0.5, 0.6) is 0 Å². The first kappa shape index (κ1) is 11.2. The Hall–Kier alpha value is -0.290. The molecule has 88 valence electrons. The van der Waals surface area contributed by atoms with Crippen molar-refractivity contribution in [3.8, 4) is 0 Å². The van der Waals surface area contributed by atoms with Crippen LogP contribution in [0.2, 0.25) is 0 Å². The lowest BCUT2D eigenvalue weighted by Gasteiger charge is -2.35. The highest BCUT2D eigenvalue weighted by molar-refractivity contribution is 4.94. The van der Waals surface area contributed by atoms with Crippen LogP contribution < -0.4 is 5.32 Å². The lowest BCUT2D eigenvalue weighted by Crippen LogP contribution is -2.50. The summed E-state index contributed by atoms with van der Waals surface area (Å²) in [5, 5.41) is 2.62. The molecule has 1 aliphatic carbocycles. The zero-order valence-corrected chi connectivity index (χ0v) is 8.73. The average molecular weight is 223 g/mol. The summed E-state index contributed by atoms with van der Waals surface area (Å²) in [6, 6.07) is -1.48. The van der Waals surface area contributed by atoms with E-state index in [1.165, 1.54) is 0 Å². The molecule has 1 heterocycles. The van der Waals surface area contributed by atoms with Crippen molar-refractivity contribution in [2.45, 2.75) is 50.6 Å². The van der Waals surface area contributed by atoms with Crippen LogP contribution in [-0.4, -0.2) is 24.6 Å². The van der Waals surface area contributed by atoms with Gasteiger partial charge in [0.05, 0.1) is 6.61 Å². The van der Waals surface area contributed by atoms with E-state index in [9.17, 15) is 13.2 Å². The summed E-state index contributed by atoms with van der Waals surface area (Å²) < 4.78 is 42.6. The molecule has 0 aromatic heterocycles. The Morgan fingerprint density at radius 1 is 1.27 bits per heavy atom. The lowest BCUT2D eigenvalue weighted by molar-refractivity contribution is -0.152. The van der Waals surface area contributed by atoms with Crippen molar-refractivity contribution in [1.82, 2.24) is 5.32 Å². The standard InChI is InChI=1S/C10H16F3NO/c1-7-2-4-9(5-3-7)14-8(6-15-9)10(11,12)13/h7-8,14H,2-6H2,1H3. The molecule has 2 nitrogen and oxygen atoms in total. The summed E-state index contributed by atoms with van der Waals surface area (Å²) in [7, 11) is 0. The van der Waals surface area contributed by atoms with Crippen LogP contribution in [0.1, 0.15) is 32.6 Å². The monoisotopic (exact) mass is 223 g/mol. The molecule has 5 heteroatoms. The molecule has 2 rings (SSSR count). The SMILES string of the molecule is CC1CCC2(CC1)NC(C(F)(F)F)CO2. The fourth-order valence-electron chi connectivity index (χ4n) is 2.34. The van der Waals surface area contributed by atoms with Crippen LogP contribution in [0.25, 0.3) is 0 Å². The summed E-state index contributed by atoms with van der Waals surface area (Å²) in [6.07, 6.45) is -0.913. The van der Waals surface area contributed by atoms with Crippen molar-refractivity contribution in [1.29, 1.82) is 0 Å². The van der Waals surface area contributed by atoms with Gasteiger partial charge in [-0.2, -0.15) is 13.2 Å². The van der Waals surface area contributed by atoms with E-state index in [0.717, 1.165) is 12.8 Å². The number of rotatable bonds is 0. The smallest absolute Gasteiger partial charge is 0.359 e. The quantitative estimate of drug-likeness (QED) is 0.681. The van der Waals surface area contributed by atoms with E-state index < -0.39 is 17.9 Å². The van der Waals surface area contributed by atoms with Gasteiger partial charge in [-0.1, -0.05) is 6.92 Å².